The Bertz CT molecular complexity index is 338. The third kappa shape index (κ3) is 2.85. The van der Waals surface area contributed by atoms with Crippen LogP contribution in [0.2, 0.25) is 0 Å². The molecule has 1 aromatic rings. The number of benzene rings is 1. The van der Waals surface area contributed by atoms with E-state index in [1.807, 2.05) is 6.92 Å². The van der Waals surface area contributed by atoms with Gasteiger partial charge in [-0.15, -0.1) is 11.8 Å². The lowest BCUT2D eigenvalue weighted by Crippen LogP contribution is -1.94. The van der Waals surface area contributed by atoms with Crippen molar-refractivity contribution in [3.8, 4) is 11.8 Å². The van der Waals surface area contributed by atoms with Crippen LogP contribution in [0.4, 0.5) is 8.78 Å². The molecule has 74 valence electrons. The standard InChI is InChI=1S/C12H12F2/c1-2-3-4-5-7-10-11(13)8-6-9-12(10)14/h6,8-9H,2,5,7H2,1H3. The fourth-order valence-electron chi connectivity index (χ4n) is 1.17. The molecular weight excluding hydrogens is 182 g/mol. The largest absolute Gasteiger partial charge is 0.207 e. The van der Waals surface area contributed by atoms with Crippen molar-refractivity contribution < 1.29 is 8.78 Å². The highest BCUT2D eigenvalue weighted by atomic mass is 19.1. The molecule has 0 amide bonds. The summed E-state index contributed by atoms with van der Waals surface area (Å²) in [6.07, 6.45) is 1.62. The van der Waals surface area contributed by atoms with Gasteiger partial charge in [0.05, 0.1) is 0 Å². The molecule has 0 heterocycles. The van der Waals surface area contributed by atoms with Gasteiger partial charge in [-0.1, -0.05) is 13.0 Å². The molecule has 0 aliphatic heterocycles. The molecule has 0 aliphatic rings. The second-order valence-corrected chi connectivity index (χ2v) is 2.91. The molecule has 0 bridgehead atoms. The summed E-state index contributed by atoms with van der Waals surface area (Å²) in [5.74, 6) is 4.75. The Morgan fingerprint density at radius 3 is 2.36 bits per heavy atom. The van der Waals surface area contributed by atoms with Gasteiger partial charge >= 0.3 is 0 Å². The molecule has 0 spiro atoms. The third-order valence-corrected chi connectivity index (χ3v) is 1.86. The first-order valence-electron chi connectivity index (χ1n) is 4.64. The molecule has 0 atom stereocenters. The SMILES string of the molecule is CCC#CCCc1c(F)cccc1F. The lowest BCUT2D eigenvalue weighted by molar-refractivity contribution is 0.556. The van der Waals surface area contributed by atoms with Crippen molar-refractivity contribution in [1.29, 1.82) is 0 Å². The Labute approximate surface area is 83.0 Å². The van der Waals surface area contributed by atoms with Gasteiger partial charge in [-0.2, -0.15) is 0 Å². The molecule has 14 heavy (non-hydrogen) atoms. The van der Waals surface area contributed by atoms with Crippen molar-refractivity contribution in [1.82, 2.24) is 0 Å². The fraction of sp³-hybridized carbons (Fsp3) is 0.333. The molecule has 0 saturated heterocycles. The van der Waals surface area contributed by atoms with Gasteiger partial charge in [0.1, 0.15) is 11.6 Å². The average molecular weight is 194 g/mol. The van der Waals surface area contributed by atoms with Crippen LogP contribution in [0.1, 0.15) is 25.3 Å². The molecule has 0 N–H and O–H groups in total. The summed E-state index contributed by atoms with van der Waals surface area (Å²) in [7, 11) is 0. The Morgan fingerprint density at radius 2 is 1.79 bits per heavy atom. The first-order valence-corrected chi connectivity index (χ1v) is 4.64. The van der Waals surface area contributed by atoms with Crippen molar-refractivity contribution in [3.05, 3.63) is 35.4 Å². The van der Waals surface area contributed by atoms with Gasteiger partial charge in [-0.25, -0.2) is 8.78 Å². The van der Waals surface area contributed by atoms with E-state index in [0.717, 1.165) is 6.42 Å². The molecule has 1 rings (SSSR count). The minimum atomic E-state index is -0.483. The topological polar surface area (TPSA) is 0 Å². The minimum Gasteiger partial charge on any atom is -0.207 e. The number of halogens is 2. The zero-order valence-electron chi connectivity index (χ0n) is 8.11. The highest BCUT2D eigenvalue weighted by molar-refractivity contribution is 5.20. The molecule has 0 aliphatic carbocycles. The van der Waals surface area contributed by atoms with Crippen LogP contribution in [0.15, 0.2) is 18.2 Å². The second-order valence-electron chi connectivity index (χ2n) is 2.91. The van der Waals surface area contributed by atoms with Crippen molar-refractivity contribution in [3.63, 3.8) is 0 Å². The van der Waals surface area contributed by atoms with E-state index >= 15 is 0 Å². The van der Waals surface area contributed by atoms with E-state index in [2.05, 4.69) is 11.8 Å². The monoisotopic (exact) mass is 194 g/mol. The van der Waals surface area contributed by atoms with Crippen molar-refractivity contribution in [2.75, 3.05) is 0 Å². The molecule has 0 aromatic heterocycles. The number of rotatable bonds is 2. The molecule has 0 nitrogen and oxygen atoms in total. The Balaban J connectivity index is 2.66. The highest BCUT2D eigenvalue weighted by Crippen LogP contribution is 2.13. The third-order valence-electron chi connectivity index (χ3n) is 1.86. The van der Waals surface area contributed by atoms with E-state index in [1.54, 1.807) is 0 Å². The highest BCUT2D eigenvalue weighted by Gasteiger charge is 2.06. The zero-order valence-corrected chi connectivity index (χ0v) is 8.11. The summed E-state index contributed by atoms with van der Waals surface area (Å²) < 4.78 is 26.1. The molecular formula is C12H12F2. The van der Waals surface area contributed by atoms with Gasteiger partial charge in [-0.3, -0.25) is 0 Å². The van der Waals surface area contributed by atoms with Crippen LogP contribution in [0.5, 0.6) is 0 Å². The normalized spacial score (nSPS) is 9.36. The molecule has 1 aromatic carbocycles. The zero-order chi connectivity index (χ0) is 10.4. The maximum absolute atomic E-state index is 13.1. The average Bonchev–Trinajstić information content (AvgIpc) is 2.16. The van der Waals surface area contributed by atoms with Crippen molar-refractivity contribution in [2.24, 2.45) is 0 Å². The maximum Gasteiger partial charge on any atom is 0.129 e. The second kappa shape index (κ2) is 5.39. The van der Waals surface area contributed by atoms with E-state index in [4.69, 9.17) is 0 Å². The summed E-state index contributed by atoms with van der Waals surface area (Å²) in [5.41, 5.74) is 0.137. The summed E-state index contributed by atoms with van der Waals surface area (Å²) in [4.78, 5) is 0. The molecule has 0 radical (unpaired) electrons. The fourth-order valence-corrected chi connectivity index (χ4v) is 1.17. The number of hydrogen-bond acceptors (Lipinski definition) is 0. The molecule has 2 heteroatoms. The smallest absolute Gasteiger partial charge is 0.129 e. The van der Waals surface area contributed by atoms with E-state index in [-0.39, 0.29) is 5.56 Å². The van der Waals surface area contributed by atoms with Gasteiger partial charge in [0.15, 0.2) is 0 Å². The summed E-state index contributed by atoms with van der Waals surface area (Å²) in [6, 6.07) is 3.91. The quantitative estimate of drug-likeness (QED) is 0.633. The Morgan fingerprint density at radius 1 is 1.14 bits per heavy atom. The summed E-state index contributed by atoms with van der Waals surface area (Å²) in [5, 5.41) is 0. The van der Waals surface area contributed by atoms with Crippen molar-refractivity contribution >= 4 is 0 Å². The van der Waals surface area contributed by atoms with Gasteiger partial charge in [0.25, 0.3) is 0 Å². The van der Waals surface area contributed by atoms with Crippen LogP contribution in [0, 0.1) is 23.5 Å². The van der Waals surface area contributed by atoms with E-state index in [1.165, 1.54) is 18.2 Å². The maximum atomic E-state index is 13.1. The van der Waals surface area contributed by atoms with Gasteiger partial charge in [0.2, 0.25) is 0 Å². The van der Waals surface area contributed by atoms with Gasteiger partial charge < -0.3 is 0 Å². The Kier molecular flexibility index (Phi) is 4.12. The van der Waals surface area contributed by atoms with E-state index in [0.29, 0.717) is 12.8 Å². The van der Waals surface area contributed by atoms with Crippen LogP contribution in [-0.4, -0.2) is 0 Å². The first kappa shape index (κ1) is 10.7. The summed E-state index contributed by atoms with van der Waals surface area (Å²) >= 11 is 0. The van der Waals surface area contributed by atoms with Gasteiger partial charge in [0, 0.05) is 18.4 Å². The molecule has 0 unspecified atom stereocenters. The lowest BCUT2D eigenvalue weighted by Gasteiger charge is -2.00. The summed E-state index contributed by atoms with van der Waals surface area (Å²) in [6.45, 7) is 1.94. The van der Waals surface area contributed by atoms with Crippen LogP contribution >= 0.6 is 0 Å². The van der Waals surface area contributed by atoms with Gasteiger partial charge in [-0.05, 0) is 18.6 Å². The lowest BCUT2D eigenvalue weighted by atomic mass is 10.1. The molecule has 0 fully saturated rings. The predicted octanol–water partition coefficient (Wildman–Crippen LogP) is 3.31. The predicted molar refractivity (Wildman–Crippen MR) is 52.7 cm³/mol. The number of hydrogen-bond donors (Lipinski definition) is 0. The van der Waals surface area contributed by atoms with Crippen LogP contribution in [-0.2, 0) is 6.42 Å². The van der Waals surface area contributed by atoms with Crippen LogP contribution in [0.25, 0.3) is 0 Å². The van der Waals surface area contributed by atoms with Crippen molar-refractivity contribution in [2.45, 2.75) is 26.2 Å². The van der Waals surface area contributed by atoms with E-state index < -0.39 is 11.6 Å². The Hall–Kier alpha value is -1.36. The minimum absolute atomic E-state index is 0.137. The molecule has 0 saturated carbocycles. The first-order chi connectivity index (χ1) is 6.75. The van der Waals surface area contributed by atoms with Crippen LogP contribution < -0.4 is 0 Å². The van der Waals surface area contributed by atoms with E-state index in [9.17, 15) is 8.78 Å². The van der Waals surface area contributed by atoms with Crippen LogP contribution in [0.3, 0.4) is 0 Å².